The molecule has 0 aromatic rings. The predicted molar refractivity (Wildman–Crippen MR) is 63.1 cm³/mol. The smallest absolute Gasteiger partial charge is 0.466 e. The standard InChI is InChI=1S/C9H9O2.C5H5.Fe/c1-11-9(10)7-6-8-4-2-3-5-8;1-2-4-5-3-1;/h2-7H,1H3;1-5H;/q;;+2/b7-6+;;. The Bertz CT molecular complexity index is 209. The van der Waals surface area contributed by atoms with Crippen LogP contribution < -0.4 is 0 Å². The van der Waals surface area contributed by atoms with Crippen LogP contribution in [0.3, 0.4) is 0 Å². The monoisotopic (exact) mass is 270 g/mol. The van der Waals surface area contributed by atoms with Gasteiger partial charge in [-0.1, -0.05) is 6.08 Å². The number of methoxy groups -OCH3 is 1. The molecule has 0 heterocycles. The minimum atomic E-state index is -0.328. The van der Waals surface area contributed by atoms with Gasteiger partial charge in [0.1, 0.15) is 0 Å². The van der Waals surface area contributed by atoms with Crippen LogP contribution in [0.4, 0.5) is 0 Å². The van der Waals surface area contributed by atoms with Gasteiger partial charge in [-0.2, -0.15) is 0 Å². The first-order valence-corrected chi connectivity index (χ1v) is 4.97. The topological polar surface area (TPSA) is 26.3 Å². The van der Waals surface area contributed by atoms with Gasteiger partial charge in [0, 0.05) is 12.0 Å². The minimum absolute atomic E-state index is 0. The molecule has 0 spiro atoms. The van der Waals surface area contributed by atoms with Crippen molar-refractivity contribution in [3.63, 3.8) is 0 Å². The minimum Gasteiger partial charge on any atom is -0.466 e. The van der Waals surface area contributed by atoms with Gasteiger partial charge in [-0.05, 0) is 57.8 Å². The molecule has 17 heavy (non-hydrogen) atoms. The van der Waals surface area contributed by atoms with E-state index in [-0.39, 0.29) is 23.0 Å². The van der Waals surface area contributed by atoms with Gasteiger partial charge in [-0.3, -0.25) is 0 Å². The van der Waals surface area contributed by atoms with Gasteiger partial charge in [0.2, 0.25) is 0 Å². The van der Waals surface area contributed by atoms with Crippen LogP contribution >= 0.6 is 0 Å². The Labute approximate surface area is 116 Å². The summed E-state index contributed by atoms with van der Waals surface area (Å²) in [5, 5.41) is 0. The van der Waals surface area contributed by atoms with E-state index < -0.39 is 0 Å². The normalized spacial score (nSPS) is 19.6. The number of hydrogen-bond donors (Lipinski definition) is 0. The molecular weight excluding hydrogens is 256 g/mol. The van der Waals surface area contributed by atoms with Crippen molar-refractivity contribution in [3.8, 4) is 0 Å². The third-order valence-corrected chi connectivity index (χ3v) is 1.86. The van der Waals surface area contributed by atoms with Crippen LogP contribution in [0.1, 0.15) is 0 Å². The van der Waals surface area contributed by atoms with Crippen molar-refractivity contribution in [1.82, 2.24) is 0 Å². The fourth-order valence-electron chi connectivity index (χ4n) is 1.05. The van der Waals surface area contributed by atoms with Crippen molar-refractivity contribution in [2.24, 2.45) is 0 Å². The Balaban J connectivity index is 0.000000360. The Kier molecular flexibility index (Phi) is 10.7. The summed E-state index contributed by atoms with van der Waals surface area (Å²) in [5.41, 5.74) is 0. The van der Waals surface area contributed by atoms with E-state index in [2.05, 4.69) is 4.74 Å². The van der Waals surface area contributed by atoms with Crippen LogP contribution in [0.5, 0.6) is 0 Å². The van der Waals surface area contributed by atoms with Gasteiger partial charge < -0.3 is 4.74 Å². The van der Waals surface area contributed by atoms with E-state index in [4.69, 9.17) is 0 Å². The van der Waals surface area contributed by atoms with Crippen molar-refractivity contribution in [3.05, 3.63) is 75.9 Å². The van der Waals surface area contributed by atoms with Crippen molar-refractivity contribution < 1.29 is 26.6 Å². The zero-order valence-corrected chi connectivity index (χ0v) is 10.6. The number of hydrogen-bond acceptors (Lipinski definition) is 2. The van der Waals surface area contributed by atoms with Crippen molar-refractivity contribution in [2.45, 2.75) is 0 Å². The quantitative estimate of drug-likeness (QED) is 0.436. The molecule has 2 rings (SSSR count). The molecule has 0 bridgehead atoms. The molecule has 0 atom stereocenters. The fraction of sp³-hybridized carbons (Fsp3) is 0.0714. The van der Waals surface area contributed by atoms with Gasteiger partial charge >= 0.3 is 23.0 Å². The summed E-state index contributed by atoms with van der Waals surface area (Å²) in [6.45, 7) is 0. The van der Waals surface area contributed by atoms with E-state index in [1.54, 1.807) is 6.08 Å². The fourth-order valence-corrected chi connectivity index (χ4v) is 1.05. The Morgan fingerprint density at radius 3 is 1.88 bits per heavy atom. The van der Waals surface area contributed by atoms with E-state index >= 15 is 0 Å². The second kappa shape index (κ2) is 10.9. The second-order valence-electron chi connectivity index (χ2n) is 3.04. The number of ether oxygens (including phenoxy) is 1. The summed E-state index contributed by atoms with van der Waals surface area (Å²) in [6, 6.07) is 0. The van der Waals surface area contributed by atoms with Crippen LogP contribution in [-0.2, 0) is 26.6 Å². The molecule has 2 nitrogen and oxygen atoms in total. The molecule has 2 aliphatic rings. The van der Waals surface area contributed by atoms with E-state index in [0.29, 0.717) is 0 Å². The van der Waals surface area contributed by atoms with Crippen molar-refractivity contribution >= 4 is 5.97 Å². The molecule has 10 radical (unpaired) electrons. The van der Waals surface area contributed by atoms with Crippen LogP contribution in [0, 0.1) is 63.7 Å². The Hall–Kier alpha value is -0.271. The zero-order valence-electron chi connectivity index (χ0n) is 9.52. The first-order valence-electron chi connectivity index (χ1n) is 4.97. The van der Waals surface area contributed by atoms with Gasteiger partial charge in [-0.25, -0.2) is 4.79 Å². The van der Waals surface area contributed by atoms with Crippen LogP contribution in [0.25, 0.3) is 0 Å². The number of esters is 1. The first-order chi connectivity index (χ1) is 7.83. The van der Waals surface area contributed by atoms with Crippen LogP contribution in [0.2, 0.25) is 0 Å². The number of allylic oxidation sites excluding steroid dienone is 1. The molecule has 0 saturated heterocycles. The van der Waals surface area contributed by atoms with Gasteiger partial charge in [0.15, 0.2) is 0 Å². The molecule has 2 aliphatic carbocycles. The maximum Gasteiger partial charge on any atom is 2.00 e. The average molecular weight is 270 g/mol. The summed E-state index contributed by atoms with van der Waals surface area (Å²) in [6.07, 6.45) is 20.8. The molecule has 2 saturated carbocycles. The first kappa shape index (κ1) is 16.7. The maximum absolute atomic E-state index is 10.6. The SMILES string of the molecule is COC(=O)/C=C/[C]1[CH][CH][CH][CH]1.[CH]1[CH][CH][CH][CH]1.[Fe+2]. The molecule has 0 N–H and O–H groups in total. The summed E-state index contributed by atoms with van der Waals surface area (Å²) < 4.78 is 4.42. The van der Waals surface area contributed by atoms with Gasteiger partial charge in [0.25, 0.3) is 0 Å². The molecule has 0 aliphatic heterocycles. The van der Waals surface area contributed by atoms with Crippen LogP contribution in [-0.4, -0.2) is 13.1 Å². The molecule has 0 aromatic carbocycles. The third kappa shape index (κ3) is 8.45. The van der Waals surface area contributed by atoms with Gasteiger partial charge in [-0.15, -0.1) is 0 Å². The summed E-state index contributed by atoms with van der Waals surface area (Å²) >= 11 is 0. The van der Waals surface area contributed by atoms with E-state index in [1.165, 1.54) is 13.2 Å². The largest absolute Gasteiger partial charge is 2.00 e. The number of rotatable bonds is 2. The van der Waals surface area contributed by atoms with Crippen molar-refractivity contribution in [2.75, 3.05) is 7.11 Å². The van der Waals surface area contributed by atoms with E-state index in [9.17, 15) is 4.79 Å². The summed E-state index contributed by atoms with van der Waals surface area (Å²) in [4.78, 5) is 10.6. The number of carbonyl (C=O) groups excluding carboxylic acids is 1. The average Bonchev–Trinajstić information content (AvgIpc) is 3.00. The van der Waals surface area contributed by atoms with Gasteiger partial charge in [0.05, 0.1) is 7.11 Å². The summed E-state index contributed by atoms with van der Waals surface area (Å²) in [7, 11) is 1.36. The number of carbonyl (C=O) groups is 1. The molecule has 2 fully saturated rings. The molecule has 0 unspecified atom stereocenters. The molecule has 3 heteroatoms. The van der Waals surface area contributed by atoms with Crippen molar-refractivity contribution in [1.29, 1.82) is 0 Å². The third-order valence-electron chi connectivity index (χ3n) is 1.86. The Morgan fingerprint density at radius 1 is 1.00 bits per heavy atom. The zero-order chi connectivity index (χ0) is 11.6. The van der Waals surface area contributed by atoms with E-state index in [1.807, 2.05) is 57.8 Å². The van der Waals surface area contributed by atoms with Crippen LogP contribution in [0.15, 0.2) is 12.2 Å². The molecule has 0 aromatic heterocycles. The predicted octanol–water partition coefficient (Wildman–Crippen LogP) is 2.14. The molecule has 0 amide bonds. The molecular formula is C14H14FeO2+2. The second-order valence-corrected chi connectivity index (χ2v) is 3.04. The summed E-state index contributed by atoms with van der Waals surface area (Å²) in [5.74, 6) is 0.682. The molecule has 88 valence electrons. The Morgan fingerprint density at radius 2 is 1.47 bits per heavy atom. The maximum atomic E-state index is 10.6. The van der Waals surface area contributed by atoms with E-state index in [0.717, 1.165) is 5.92 Å².